The molecule has 4 rings (SSSR count). The second-order valence-corrected chi connectivity index (χ2v) is 8.87. The minimum Gasteiger partial charge on any atom is -0.369 e. The van der Waals surface area contributed by atoms with Gasteiger partial charge in [0, 0.05) is 31.9 Å². The number of anilines is 2. The van der Waals surface area contributed by atoms with Crippen molar-refractivity contribution >= 4 is 28.9 Å². The molecule has 1 atom stereocenters. The van der Waals surface area contributed by atoms with E-state index in [1.807, 2.05) is 19.1 Å². The van der Waals surface area contributed by atoms with E-state index >= 15 is 0 Å². The van der Waals surface area contributed by atoms with E-state index in [-0.39, 0.29) is 16.7 Å². The molecule has 1 saturated heterocycles. The zero-order valence-electron chi connectivity index (χ0n) is 17.8. The maximum atomic E-state index is 14.0. The molecule has 2 aliphatic rings. The molecule has 2 aliphatic heterocycles. The number of halogens is 3. The second-order valence-electron chi connectivity index (χ2n) is 8.46. The number of hydrogen-bond donors (Lipinski definition) is 1. The Hall–Kier alpha value is -2.18. The Labute approximate surface area is 187 Å². The van der Waals surface area contributed by atoms with Gasteiger partial charge in [0.25, 0.3) is 0 Å². The number of hydrogen-bond acceptors (Lipinski definition) is 3. The summed E-state index contributed by atoms with van der Waals surface area (Å²) in [6.07, 6.45) is 3.15. The molecule has 31 heavy (non-hydrogen) atoms. The van der Waals surface area contributed by atoms with Crippen molar-refractivity contribution in [3.8, 4) is 0 Å². The standard InChI is InChI=1S/C24H28ClF2N3O/c1-2-24(20-15-18(27)16-21(25)22(20)28-23(24)31)9-3-4-10-29-11-13-30(14-12-29)19-7-5-17(26)6-8-19/h5-8,15-16H,2-4,9-14H2,1H3,(H,28,31). The van der Waals surface area contributed by atoms with Crippen LogP contribution in [0, 0.1) is 11.6 Å². The summed E-state index contributed by atoms with van der Waals surface area (Å²) < 4.78 is 27.1. The summed E-state index contributed by atoms with van der Waals surface area (Å²) in [5, 5.41) is 3.13. The summed E-state index contributed by atoms with van der Waals surface area (Å²) in [6.45, 7) is 6.69. The van der Waals surface area contributed by atoms with Crippen molar-refractivity contribution in [2.75, 3.05) is 42.9 Å². The van der Waals surface area contributed by atoms with Crippen LogP contribution in [0.1, 0.15) is 38.2 Å². The van der Waals surface area contributed by atoms with Gasteiger partial charge in [-0.15, -0.1) is 0 Å². The smallest absolute Gasteiger partial charge is 0.235 e. The van der Waals surface area contributed by atoms with Crippen molar-refractivity contribution in [3.63, 3.8) is 0 Å². The van der Waals surface area contributed by atoms with Gasteiger partial charge < -0.3 is 10.2 Å². The molecule has 0 radical (unpaired) electrons. The first-order valence-corrected chi connectivity index (χ1v) is 11.3. The Morgan fingerprint density at radius 3 is 2.42 bits per heavy atom. The number of nitrogens with zero attached hydrogens (tertiary/aromatic N) is 2. The van der Waals surface area contributed by atoms with Crippen LogP contribution in [0.4, 0.5) is 20.2 Å². The van der Waals surface area contributed by atoms with Crippen LogP contribution in [0.3, 0.4) is 0 Å². The van der Waals surface area contributed by atoms with Gasteiger partial charge in [0.15, 0.2) is 0 Å². The van der Waals surface area contributed by atoms with Gasteiger partial charge in [-0.3, -0.25) is 9.69 Å². The molecule has 1 N–H and O–H groups in total. The first-order chi connectivity index (χ1) is 14.9. The number of nitrogens with one attached hydrogen (secondary N) is 1. The first-order valence-electron chi connectivity index (χ1n) is 11.0. The molecular weight excluding hydrogens is 420 g/mol. The monoisotopic (exact) mass is 447 g/mol. The van der Waals surface area contributed by atoms with Gasteiger partial charge in [0.05, 0.1) is 16.1 Å². The predicted molar refractivity (Wildman–Crippen MR) is 121 cm³/mol. The molecule has 7 heteroatoms. The van der Waals surface area contributed by atoms with Crippen molar-refractivity contribution < 1.29 is 13.6 Å². The van der Waals surface area contributed by atoms with Crippen molar-refractivity contribution in [3.05, 3.63) is 58.6 Å². The molecule has 0 bridgehead atoms. The van der Waals surface area contributed by atoms with Gasteiger partial charge in [-0.25, -0.2) is 8.78 Å². The lowest BCUT2D eigenvalue weighted by Gasteiger charge is -2.36. The normalized spacial score (nSPS) is 21.3. The van der Waals surface area contributed by atoms with Crippen LogP contribution >= 0.6 is 11.6 Å². The van der Waals surface area contributed by atoms with Crippen LogP contribution in [0.5, 0.6) is 0 Å². The van der Waals surface area contributed by atoms with Crippen molar-refractivity contribution in [1.82, 2.24) is 4.90 Å². The predicted octanol–water partition coefficient (Wildman–Crippen LogP) is 5.21. The highest BCUT2D eigenvalue weighted by Gasteiger charge is 2.45. The molecule has 166 valence electrons. The number of amides is 1. The summed E-state index contributed by atoms with van der Waals surface area (Å²) in [7, 11) is 0. The summed E-state index contributed by atoms with van der Waals surface area (Å²) in [6, 6.07) is 9.36. The Morgan fingerprint density at radius 1 is 1.03 bits per heavy atom. The average molecular weight is 448 g/mol. The second kappa shape index (κ2) is 9.13. The summed E-state index contributed by atoms with van der Waals surface area (Å²) >= 11 is 6.17. The third-order valence-electron chi connectivity index (χ3n) is 6.74. The Kier molecular flexibility index (Phi) is 6.49. The molecule has 0 spiro atoms. The van der Waals surface area contributed by atoms with E-state index in [1.165, 1.54) is 24.3 Å². The highest BCUT2D eigenvalue weighted by atomic mass is 35.5. The summed E-state index contributed by atoms with van der Waals surface area (Å²) in [4.78, 5) is 17.5. The number of carbonyl (C=O) groups excluding carboxylic acids is 1. The minimum atomic E-state index is -0.706. The molecule has 4 nitrogen and oxygen atoms in total. The molecule has 0 saturated carbocycles. The lowest BCUT2D eigenvalue weighted by molar-refractivity contribution is -0.121. The van der Waals surface area contributed by atoms with Gasteiger partial charge in [-0.1, -0.05) is 24.9 Å². The van der Waals surface area contributed by atoms with Crippen LogP contribution < -0.4 is 10.2 Å². The summed E-state index contributed by atoms with van der Waals surface area (Å²) in [5.41, 5.74) is 1.61. The number of piperazine rings is 1. The van der Waals surface area contributed by atoms with Crippen molar-refractivity contribution in [1.29, 1.82) is 0 Å². The lowest BCUT2D eigenvalue weighted by Crippen LogP contribution is -2.46. The molecule has 1 amide bonds. The maximum Gasteiger partial charge on any atom is 0.235 e. The van der Waals surface area contributed by atoms with Crippen LogP contribution in [0.2, 0.25) is 5.02 Å². The fraction of sp³-hybridized carbons (Fsp3) is 0.458. The van der Waals surface area contributed by atoms with E-state index in [2.05, 4.69) is 15.1 Å². The first kappa shape index (κ1) is 22.0. The van der Waals surface area contributed by atoms with Gasteiger partial charge in [0.2, 0.25) is 5.91 Å². The highest BCUT2D eigenvalue weighted by Crippen LogP contribution is 2.47. The Morgan fingerprint density at radius 2 is 1.74 bits per heavy atom. The number of benzene rings is 2. The lowest BCUT2D eigenvalue weighted by atomic mass is 9.75. The third kappa shape index (κ3) is 4.41. The Bertz CT molecular complexity index is 945. The van der Waals surface area contributed by atoms with Gasteiger partial charge in [-0.2, -0.15) is 0 Å². The van der Waals surface area contributed by atoms with Crippen LogP contribution in [-0.2, 0) is 10.2 Å². The topological polar surface area (TPSA) is 35.6 Å². The van der Waals surface area contributed by atoms with E-state index < -0.39 is 11.2 Å². The highest BCUT2D eigenvalue weighted by molar-refractivity contribution is 6.34. The van der Waals surface area contributed by atoms with E-state index in [4.69, 9.17) is 11.6 Å². The quantitative estimate of drug-likeness (QED) is 0.592. The molecule has 2 heterocycles. The number of unbranched alkanes of at least 4 members (excludes halogenated alkanes) is 1. The van der Waals surface area contributed by atoms with E-state index in [0.717, 1.165) is 51.3 Å². The molecular formula is C24H28ClF2N3O. The molecule has 2 aromatic carbocycles. The zero-order valence-corrected chi connectivity index (χ0v) is 18.5. The maximum absolute atomic E-state index is 14.0. The fourth-order valence-electron chi connectivity index (χ4n) is 4.85. The van der Waals surface area contributed by atoms with E-state index in [9.17, 15) is 13.6 Å². The summed E-state index contributed by atoms with van der Waals surface area (Å²) in [5.74, 6) is -0.696. The molecule has 1 unspecified atom stereocenters. The van der Waals surface area contributed by atoms with Crippen LogP contribution in [-0.4, -0.2) is 43.5 Å². The Balaban J connectivity index is 1.29. The largest absolute Gasteiger partial charge is 0.369 e. The SMILES string of the molecule is CCC1(CCCCN2CCN(c3ccc(F)cc3)CC2)C(=O)Nc2c(Cl)cc(F)cc21. The number of carbonyl (C=O) groups is 1. The number of rotatable bonds is 7. The molecule has 2 aromatic rings. The van der Waals surface area contributed by atoms with Crippen molar-refractivity contribution in [2.24, 2.45) is 0 Å². The van der Waals surface area contributed by atoms with Crippen LogP contribution in [0.25, 0.3) is 0 Å². The van der Waals surface area contributed by atoms with E-state index in [1.54, 1.807) is 0 Å². The van der Waals surface area contributed by atoms with Gasteiger partial charge in [-0.05, 0) is 67.8 Å². The van der Waals surface area contributed by atoms with Crippen molar-refractivity contribution in [2.45, 2.75) is 38.0 Å². The van der Waals surface area contributed by atoms with E-state index in [0.29, 0.717) is 24.1 Å². The molecule has 0 aromatic heterocycles. The number of fused-ring (bicyclic) bond motifs is 1. The van der Waals surface area contributed by atoms with Crippen LogP contribution in [0.15, 0.2) is 36.4 Å². The van der Waals surface area contributed by atoms with Gasteiger partial charge >= 0.3 is 0 Å². The van der Waals surface area contributed by atoms with Gasteiger partial charge in [0.1, 0.15) is 11.6 Å². The average Bonchev–Trinajstić information content (AvgIpc) is 3.04. The zero-order chi connectivity index (χ0) is 22.0. The molecule has 1 fully saturated rings. The fourth-order valence-corrected chi connectivity index (χ4v) is 5.11. The third-order valence-corrected chi connectivity index (χ3v) is 7.04. The molecule has 0 aliphatic carbocycles. The minimum absolute atomic E-state index is 0.0783.